The molecule has 1 aromatic carbocycles. The van der Waals surface area contributed by atoms with Crippen molar-refractivity contribution in [1.29, 1.82) is 0 Å². The first kappa shape index (κ1) is 19.7. The third kappa shape index (κ3) is 7.00. The highest BCUT2D eigenvalue weighted by atomic mass is 19.1. The van der Waals surface area contributed by atoms with Crippen molar-refractivity contribution in [3.63, 3.8) is 0 Å². The zero-order valence-corrected chi connectivity index (χ0v) is 15.6. The Bertz CT molecular complexity index is 550. The predicted octanol–water partition coefficient (Wildman–Crippen LogP) is 1.89. The highest BCUT2D eigenvalue weighted by Crippen LogP contribution is 2.08. The van der Waals surface area contributed by atoms with E-state index < -0.39 is 0 Å². The van der Waals surface area contributed by atoms with Crippen LogP contribution in [0.15, 0.2) is 29.3 Å². The second kappa shape index (κ2) is 10.4. The van der Waals surface area contributed by atoms with Crippen molar-refractivity contribution in [1.82, 2.24) is 15.5 Å². The fourth-order valence-electron chi connectivity index (χ4n) is 3.03. The summed E-state index contributed by atoms with van der Waals surface area (Å²) >= 11 is 0. The Morgan fingerprint density at radius 3 is 2.88 bits per heavy atom. The molecule has 2 rings (SSSR count). The molecule has 0 aromatic heterocycles. The van der Waals surface area contributed by atoms with Crippen LogP contribution in [0.1, 0.15) is 19.4 Å². The minimum absolute atomic E-state index is 0.159. The van der Waals surface area contributed by atoms with E-state index in [0.717, 1.165) is 32.2 Å². The Morgan fingerprint density at radius 1 is 1.36 bits per heavy atom. The number of hydrogen-bond acceptors (Lipinski definition) is 3. The van der Waals surface area contributed by atoms with E-state index >= 15 is 0 Å². The molecule has 1 fully saturated rings. The summed E-state index contributed by atoms with van der Waals surface area (Å²) in [6.45, 7) is 9.66. The van der Waals surface area contributed by atoms with Crippen LogP contribution in [0.2, 0.25) is 0 Å². The van der Waals surface area contributed by atoms with Crippen LogP contribution in [-0.2, 0) is 11.2 Å². The Kier molecular flexibility index (Phi) is 8.15. The third-order valence-electron chi connectivity index (χ3n) is 4.21. The van der Waals surface area contributed by atoms with Gasteiger partial charge in [-0.25, -0.2) is 4.39 Å². The highest BCUT2D eigenvalue weighted by Gasteiger charge is 2.21. The van der Waals surface area contributed by atoms with E-state index in [4.69, 9.17) is 4.74 Å². The molecule has 25 heavy (non-hydrogen) atoms. The number of guanidine groups is 1. The minimum atomic E-state index is -0.159. The van der Waals surface area contributed by atoms with Gasteiger partial charge in [0.25, 0.3) is 0 Å². The van der Waals surface area contributed by atoms with Gasteiger partial charge in [0.05, 0.1) is 12.7 Å². The number of nitrogens with one attached hydrogen (secondary N) is 2. The van der Waals surface area contributed by atoms with E-state index in [2.05, 4.69) is 34.4 Å². The summed E-state index contributed by atoms with van der Waals surface area (Å²) in [4.78, 5) is 6.68. The molecule has 1 aliphatic rings. The number of aliphatic imine (C=N–C) groups is 1. The molecule has 1 aliphatic heterocycles. The van der Waals surface area contributed by atoms with Gasteiger partial charge in [0.15, 0.2) is 5.96 Å². The van der Waals surface area contributed by atoms with Gasteiger partial charge < -0.3 is 15.4 Å². The molecule has 1 saturated heterocycles. The van der Waals surface area contributed by atoms with Gasteiger partial charge >= 0.3 is 0 Å². The van der Waals surface area contributed by atoms with Crippen LogP contribution >= 0.6 is 0 Å². The number of morpholine rings is 1. The monoisotopic (exact) mass is 350 g/mol. The van der Waals surface area contributed by atoms with Crippen LogP contribution in [0, 0.1) is 11.7 Å². The van der Waals surface area contributed by atoms with E-state index in [1.165, 1.54) is 6.07 Å². The zero-order valence-electron chi connectivity index (χ0n) is 15.6. The molecule has 0 saturated carbocycles. The maximum absolute atomic E-state index is 13.6. The maximum Gasteiger partial charge on any atom is 0.191 e. The largest absolute Gasteiger partial charge is 0.374 e. The molecule has 6 heteroatoms. The van der Waals surface area contributed by atoms with Crippen molar-refractivity contribution in [2.75, 3.05) is 46.4 Å². The van der Waals surface area contributed by atoms with Crippen LogP contribution in [0.5, 0.6) is 0 Å². The van der Waals surface area contributed by atoms with Gasteiger partial charge in [0.2, 0.25) is 0 Å². The summed E-state index contributed by atoms with van der Waals surface area (Å²) in [5, 5.41) is 6.54. The first-order chi connectivity index (χ1) is 12.1. The second-order valence-corrected chi connectivity index (χ2v) is 6.87. The molecule has 5 nitrogen and oxygen atoms in total. The Morgan fingerprint density at radius 2 is 2.16 bits per heavy atom. The van der Waals surface area contributed by atoms with E-state index in [-0.39, 0.29) is 11.9 Å². The first-order valence-electron chi connectivity index (χ1n) is 9.10. The van der Waals surface area contributed by atoms with E-state index in [1.54, 1.807) is 13.1 Å². The van der Waals surface area contributed by atoms with Crippen LogP contribution in [0.3, 0.4) is 0 Å². The Hall–Kier alpha value is -1.66. The summed E-state index contributed by atoms with van der Waals surface area (Å²) < 4.78 is 19.5. The van der Waals surface area contributed by atoms with Gasteiger partial charge in [0, 0.05) is 39.8 Å². The lowest BCUT2D eigenvalue weighted by molar-refractivity contribution is -0.0284. The summed E-state index contributed by atoms with van der Waals surface area (Å²) in [6.07, 6.45) is 0.785. The lowest BCUT2D eigenvalue weighted by Crippen LogP contribution is -2.50. The predicted molar refractivity (Wildman–Crippen MR) is 100 cm³/mol. The number of ether oxygens (including phenoxy) is 1. The van der Waals surface area contributed by atoms with Crippen molar-refractivity contribution in [2.45, 2.75) is 26.4 Å². The number of halogens is 1. The molecule has 0 radical (unpaired) electrons. The van der Waals surface area contributed by atoms with Gasteiger partial charge in [-0.2, -0.15) is 0 Å². The number of hydrogen-bond donors (Lipinski definition) is 2. The van der Waals surface area contributed by atoms with E-state index in [9.17, 15) is 4.39 Å². The molecule has 1 heterocycles. The van der Waals surface area contributed by atoms with E-state index in [1.807, 2.05) is 12.1 Å². The Labute approximate surface area is 150 Å². The average Bonchev–Trinajstić information content (AvgIpc) is 2.59. The van der Waals surface area contributed by atoms with Crippen molar-refractivity contribution in [3.8, 4) is 0 Å². The van der Waals surface area contributed by atoms with Crippen molar-refractivity contribution in [2.24, 2.45) is 10.9 Å². The van der Waals surface area contributed by atoms with Crippen molar-refractivity contribution in [3.05, 3.63) is 35.6 Å². The number of benzene rings is 1. The quantitative estimate of drug-likeness (QED) is 0.582. The van der Waals surface area contributed by atoms with Gasteiger partial charge in [0.1, 0.15) is 5.82 Å². The minimum Gasteiger partial charge on any atom is -0.374 e. The van der Waals surface area contributed by atoms with Crippen molar-refractivity contribution < 1.29 is 9.13 Å². The van der Waals surface area contributed by atoms with Gasteiger partial charge in [-0.3, -0.25) is 9.89 Å². The molecule has 1 aromatic rings. The lowest BCUT2D eigenvalue weighted by Gasteiger charge is -2.34. The molecule has 0 spiro atoms. The molecule has 0 aliphatic carbocycles. The summed E-state index contributed by atoms with van der Waals surface area (Å²) in [5.41, 5.74) is 0.713. The van der Waals surface area contributed by atoms with Gasteiger partial charge in [-0.05, 0) is 24.0 Å². The van der Waals surface area contributed by atoms with Crippen LogP contribution in [0.25, 0.3) is 0 Å². The normalized spacial score (nSPS) is 19.2. The maximum atomic E-state index is 13.6. The standard InChI is InChI=1S/C19H31FN4O/c1-15(2)13-24-10-11-25-17(14-24)12-23-19(21-3)22-9-8-16-6-4-5-7-18(16)20/h4-7,15,17H,8-14H2,1-3H3,(H2,21,22,23). The van der Waals surface area contributed by atoms with Crippen molar-refractivity contribution >= 4 is 5.96 Å². The van der Waals surface area contributed by atoms with E-state index in [0.29, 0.717) is 31.0 Å². The highest BCUT2D eigenvalue weighted by molar-refractivity contribution is 5.79. The number of rotatable bonds is 7. The first-order valence-corrected chi connectivity index (χ1v) is 9.10. The molecule has 140 valence electrons. The summed E-state index contributed by atoms with van der Waals surface area (Å²) in [6, 6.07) is 6.87. The summed E-state index contributed by atoms with van der Waals surface area (Å²) in [7, 11) is 1.74. The fraction of sp³-hybridized carbons (Fsp3) is 0.632. The smallest absolute Gasteiger partial charge is 0.191 e. The third-order valence-corrected chi connectivity index (χ3v) is 4.21. The van der Waals surface area contributed by atoms with Gasteiger partial charge in [-0.15, -0.1) is 0 Å². The van der Waals surface area contributed by atoms with Crippen LogP contribution in [-0.4, -0.2) is 63.3 Å². The topological polar surface area (TPSA) is 48.9 Å². The van der Waals surface area contributed by atoms with Crippen LogP contribution < -0.4 is 10.6 Å². The number of nitrogens with zero attached hydrogens (tertiary/aromatic N) is 2. The summed E-state index contributed by atoms with van der Waals surface area (Å²) in [5.74, 6) is 1.23. The molecular formula is C19H31FN4O. The van der Waals surface area contributed by atoms with Crippen LogP contribution in [0.4, 0.5) is 4.39 Å². The molecule has 1 unspecified atom stereocenters. The lowest BCUT2D eigenvalue weighted by atomic mass is 10.1. The molecule has 2 N–H and O–H groups in total. The Balaban J connectivity index is 1.70. The molecule has 0 amide bonds. The zero-order chi connectivity index (χ0) is 18.1. The SMILES string of the molecule is CN=C(NCCc1ccccc1F)NCC1CN(CC(C)C)CCO1. The molecule has 1 atom stereocenters. The van der Waals surface area contributed by atoms with Gasteiger partial charge in [-0.1, -0.05) is 32.0 Å². The average molecular weight is 350 g/mol. The molecular weight excluding hydrogens is 319 g/mol. The second-order valence-electron chi connectivity index (χ2n) is 6.87. The molecule has 0 bridgehead atoms. The fourth-order valence-corrected chi connectivity index (χ4v) is 3.03.